The average molecular weight is 524 g/mol. The minimum absolute atomic E-state index is 0. The van der Waals surface area contributed by atoms with Crippen LogP contribution in [0.1, 0.15) is 12.8 Å². The summed E-state index contributed by atoms with van der Waals surface area (Å²) < 4.78 is 1.12. The van der Waals surface area contributed by atoms with Gasteiger partial charge in [-0.15, -0.1) is 24.0 Å². The first-order valence-electron chi connectivity index (χ1n) is 8.18. The van der Waals surface area contributed by atoms with Crippen LogP contribution in [-0.4, -0.2) is 63.6 Å². The van der Waals surface area contributed by atoms with Crippen molar-refractivity contribution in [3.8, 4) is 0 Å². The summed E-state index contributed by atoms with van der Waals surface area (Å²) in [4.78, 5) is 19.8. The average Bonchev–Trinajstić information content (AvgIpc) is 3.02. The number of aliphatic imine (C=N–C) groups is 1. The van der Waals surface area contributed by atoms with Gasteiger partial charge in [-0.05, 0) is 34.5 Å². The summed E-state index contributed by atoms with van der Waals surface area (Å²) in [5.41, 5.74) is 1.22. The van der Waals surface area contributed by atoms with Gasteiger partial charge in [0.15, 0.2) is 5.96 Å². The van der Waals surface area contributed by atoms with E-state index >= 15 is 0 Å². The van der Waals surface area contributed by atoms with Crippen molar-refractivity contribution < 1.29 is 4.79 Å². The minimum Gasteiger partial charge on any atom is -0.368 e. The highest BCUT2D eigenvalue weighted by Gasteiger charge is 2.24. The molecule has 2 rings (SSSR count). The maximum absolute atomic E-state index is 11.6. The number of nitrogens with one attached hydrogen (secondary N) is 2. The maximum Gasteiger partial charge on any atom is 0.223 e. The summed E-state index contributed by atoms with van der Waals surface area (Å²) in [5, 5.41) is 6.66. The molecule has 6 nitrogen and oxygen atoms in total. The second kappa shape index (κ2) is 10.8. The fourth-order valence-corrected chi connectivity index (χ4v) is 3.24. The van der Waals surface area contributed by atoms with Gasteiger partial charge in [-0.2, -0.15) is 0 Å². The van der Waals surface area contributed by atoms with Crippen molar-refractivity contribution in [2.45, 2.75) is 18.9 Å². The molecule has 0 spiro atoms. The van der Waals surface area contributed by atoms with Crippen molar-refractivity contribution in [2.24, 2.45) is 4.99 Å². The Hall–Kier alpha value is -1.03. The number of benzene rings is 1. The molecule has 1 unspecified atom stereocenters. The number of hydrogen-bond donors (Lipinski definition) is 2. The fourth-order valence-electron chi connectivity index (χ4n) is 2.70. The van der Waals surface area contributed by atoms with Crippen molar-refractivity contribution in [3.05, 3.63) is 28.7 Å². The molecule has 1 aliphatic heterocycles. The van der Waals surface area contributed by atoms with Crippen LogP contribution in [0.5, 0.6) is 0 Å². The zero-order valence-electron chi connectivity index (χ0n) is 15.0. The number of para-hydroxylation sites is 1. The van der Waals surface area contributed by atoms with Crippen LogP contribution in [0, 0.1) is 0 Å². The quantitative estimate of drug-likeness (QED) is 0.353. The van der Waals surface area contributed by atoms with E-state index < -0.39 is 0 Å². The van der Waals surface area contributed by atoms with E-state index in [1.807, 2.05) is 6.07 Å². The normalized spacial score (nSPS) is 17.0. The first-order valence-corrected chi connectivity index (χ1v) is 8.97. The molecule has 0 bridgehead atoms. The van der Waals surface area contributed by atoms with Crippen molar-refractivity contribution in [1.29, 1.82) is 0 Å². The van der Waals surface area contributed by atoms with Crippen molar-refractivity contribution in [3.63, 3.8) is 0 Å². The molecule has 0 radical (unpaired) electrons. The Bertz CT molecular complexity index is 596. The number of guanidine groups is 1. The van der Waals surface area contributed by atoms with Crippen LogP contribution >= 0.6 is 39.9 Å². The highest BCUT2D eigenvalue weighted by molar-refractivity contribution is 14.0. The molecule has 0 aliphatic carbocycles. The van der Waals surface area contributed by atoms with Gasteiger partial charge >= 0.3 is 0 Å². The Morgan fingerprint density at radius 1 is 1.40 bits per heavy atom. The highest BCUT2D eigenvalue weighted by atomic mass is 127. The first-order chi connectivity index (χ1) is 11.5. The number of nitrogens with zero attached hydrogens (tertiary/aromatic N) is 3. The third-order valence-electron chi connectivity index (χ3n) is 4.08. The predicted molar refractivity (Wildman–Crippen MR) is 118 cm³/mol. The van der Waals surface area contributed by atoms with Crippen LogP contribution in [0.2, 0.25) is 0 Å². The fraction of sp³-hybridized carbons (Fsp3) is 0.529. The van der Waals surface area contributed by atoms with Crippen molar-refractivity contribution in [2.75, 3.05) is 45.7 Å². The summed E-state index contributed by atoms with van der Waals surface area (Å²) in [6.07, 6.45) is 1.51. The number of halogens is 2. The van der Waals surface area contributed by atoms with Gasteiger partial charge in [-0.25, -0.2) is 0 Å². The number of carbonyl (C=O) groups excluding carboxylic acids is 1. The SMILES string of the molecule is CN=C(NCCC(=O)N(C)C)NC1CCN(c2ccccc2Br)C1.I. The topological polar surface area (TPSA) is 60.0 Å². The summed E-state index contributed by atoms with van der Waals surface area (Å²) in [6.45, 7) is 2.52. The van der Waals surface area contributed by atoms with Crippen molar-refractivity contribution >= 4 is 57.5 Å². The van der Waals surface area contributed by atoms with Crippen LogP contribution in [0.4, 0.5) is 5.69 Å². The Morgan fingerprint density at radius 3 is 2.76 bits per heavy atom. The van der Waals surface area contributed by atoms with Gasteiger partial charge in [-0.3, -0.25) is 9.79 Å². The molecular weight excluding hydrogens is 497 g/mol. The lowest BCUT2D eigenvalue weighted by Crippen LogP contribution is -2.45. The zero-order chi connectivity index (χ0) is 17.5. The first kappa shape index (κ1) is 22.0. The van der Waals surface area contributed by atoms with Crippen molar-refractivity contribution in [1.82, 2.24) is 15.5 Å². The number of hydrogen-bond acceptors (Lipinski definition) is 3. The second-order valence-corrected chi connectivity index (χ2v) is 6.92. The molecule has 1 fully saturated rings. The van der Waals surface area contributed by atoms with E-state index in [4.69, 9.17) is 0 Å². The lowest BCUT2D eigenvalue weighted by molar-refractivity contribution is -0.128. The molecular formula is C17H27BrIN5O. The van der Waals surface area contributed by atoms with Gasteiger partial charge in [0.2, 0.25) is 5.91 Å². The molecule has 1 atom stereocenters. The molecule has 1 aromatic carbocycles. The number of amides is 1. The predicted octanol–water partition coefficient (Wildman–Crippen LogP) is 2.29. The Kier molecular flexibility index (Phi) is 9.55. The molecule has 8 heteroatoms. The lowest BCUT2D eigenvalue weighted by Gasteiger charge is -2.21. The van der Waals surface area contributed by atoms with E-state index in [2.05, 4.69) is 54.7 Å². The van der Waals surface area contributed by atoms with Gasteiger partial charge in [0.25, 0.3) is 0 Å². The monoisotopic (exact) mass is 523 g/mol. The molecule has 1 aliphatic rings. The van der Waals surface area contributed by atoms with Gasteiger partial charge in [0.1, 0.15) is 0 Å². The van der Waals surface area contributed by atoms with Gasteiger partial charge in [-0.1, -0.05) is 12.1 Å². The molecule has 0 aromatic heterocycles. The molecule has 1 amide bonds. The van der Waals surface area contributed by atoms with E-state index in [1.165, 1.54) is 5.69 Å². The summed E-state index contributed by atoms with van der Waals surface area (Å²) >= 11 is 3.62. The van der Waals surface area contributed by atoms with Gasteiger partial charge in [0, 0.05) is 57.7 Å². The highest BCUT2D eigenvalue weighted by Crippen LogP contribution is 2.28. The van der Waals surface area contributed by atoms with Crippen LogP contribution in [0.15, 0.2) is 33.7 Å². The third-order valence-corrected chi connectivity index (χ3v) is 4.75. The molecule has 1 saturated heterocycles. The van der Waals surface area contributed by atoms with E-state index in [-0.39, 0.29) is 29.9 Å². The van der Waals surface area contributed by atoms with E-state index in [0.29, 0.717) is 19.0 Å². The summed E-state index contributed by atoms with van der Waals surface area (Å²) in [5.74, 6) is 0.861. The minimum atomic E-state index is 0. The molecule has 1 heterocycles. The third kappa shape index (κ3) is 6.65. The van der Waals surface area contributed by atoms with Crippen LogP contribution in [0.3, 0.4) is 0 Å². The number of rotatable bonds is 5. The largest absolute Gasteiger partial charge is 0.368 e. The molecule has 0 saturated carbocycles. The van der Waals surface area contributed by atoms with E-state index in [1.54, 1.807) is 26.0 Å². The zero-order valence-corrected chi connectivity index (χ0v) is 18.9. The maximum atomic E-state index is 11.6. The number of anilines is 1. The number of carbonyl (C=O) groups is 1. The summed E-state index contributed by atoms with van der Waals surface area (Å²) in [6, 6.07) is 8.63. The Morgan fingerprint density at radius 2 is 2.12 bits per heavy atom. The van der Waals surface area contributed by atoms with Crippen LogP contribution in [-0.2, 0) is 4.79 Å². The summed E-state index contributed by atoms with van der Waals surface area (Å²) in [7, 11) is 5.29. The van der Waals surface area contributed by atoms with Crippen LogP contribution < -0.4 is 15.5 Å². The smallest absolute Gasteiger partial charge is 0.223 e. The van der Waals surface area contributed by atoms with E-state index in [0.717, 1.165) is 29.9 Å². The van der Waals surface area contributed by atoms with Gasteiger partial charge in [0.05, 0.1) is 5.69 Å². The van der Waals surface area contributed by atoms with Crippen LogP contribution in [0.25, 0.3) is 0 Å². The molecule has 140 valence electrons. The second-order valence-electron chi connectivity index (χ2n) is 6.06. The Labute approximate surface area is 175 Å². The standard InChI is InChI=1S/C17H26BrN5O.HI/c1-19-17(20-10-8-16(24)22(2)3)21-13-9-11-23(12-13)15-7-5-4-6-14(15)18;/h4-7,13H,8-12H2,1-3H3,(H2,19,20,21);1H. The van der Waals surface area contributed by atoms with E-state index in [9.17, 15) is 4.79 Å². The molecule has 25 heavy (non-hydrogen) atoms. The molecule has 2 N–H and O–H groups in total. The van der Waals surface area contributed by atoms with Gasteiger partial charge < -0.3 is 20.4 Å². The lowest BCUT2D eigenvalue weighted by atomic mass is 10.2. The molecule has 1 aromatic rings. The Balaban J connectivity index is 0.00000312.